The van der Waals surface area contributed by atoms with E-state index in [-0.39, 0.29) is 28.5 Å². The van der Waals surface area contributed by atoms with Crippen molar-refractivity contribution in [2.45, 2.75) is 32.6 Å². The summed E-state index contributed by atoms with van der Waals surface area (Å²) >= 11 is 0. The van der Waals surface area contributed by atoms with E-state index in [0.717, 1.165) is 12.1 Å². The van der Waals surface area contributed by atoms with Gasteiger partial charge in [0.25, 0.3) is 5.69 Å². The lowest BCUT2D eigenvalue weighted by Gasteiger charge is -2.27. The number of nitrogens with one attached hydrogen (secondary N) is 1. The first-order valence-electron chi connectivity index (χ1n) is 6.48. The highest BCUT2D eigenvalue weighted by Crippen LogP contribution is 2.28. The van der Waals surface area contributed by atoms with E-state index in [0.29, 0.717) is 0 Å². The van der Waals surface area contributed by atoms with Crippen molar-refractivity contribution in [2.24, 2.45) is 11.3 Å². The molecular weight excluding hydrogens is 294 g/mol. The van der Waals surface area contributed by atoms with Crippen molar-refractivity contribution in [3.8, 4) is 0 Å². The molecule has 0 aliphatic heterocycles. The average Bonchev–Trinajstić information content (AvgIpc) is 2.34. The Hall–Kier alpha value is -1.67. The Labute approximate surface area is 124 Å². The second kappa shape index (κ2) is 5.98. The third kappa shape index (κ3) is 4.40. The Morgan fingerprint density at radius 2 is 1.95 bits per heavy atom. The van der Waals surface area contributed by atoms with Gasteiger partial charge in [-0.25, -0.2) is 13.1 Å². The van der Waals surface area contributed by atoms with Crippen LogP contribution in [-0.4, -0.2) is 19.9 Å². The van der Waals surface area contributed by atoms with Gasteiger partial charge in [-0.15, -0.1) is 0 Å². The van der Waals surface area contributed by atoms with Gasteiger partial charge in [-0.1, -0.05) is 27.7 Å². The van der Waals surface area contributed by atoms with Gasteiger partial charge < -0.3 is 5.73 Å². The highest BCUT2D eigenvalue weighted by molar-refractivity contribution is 7.89. The van der Waals surface area contributed by atoms with Crippen LogP contribution in [0.3, 0.4) is 0 Å². The third-order valence-electron chi connectivity index (χ3n) is 3.53. The van der Waals surface area contributed by atoms with Crippen molar-refractivity contribution in [1.29, 1.82) is 0 Å². The maximum atomic E-state index is 12.2. The molecule has 0 aliphatic rings. The fraction of sp³-hybridized carbons (Fsp3) is 0.538. The molecule has 0 bridgehead atoms. The van der Waals surface area contributed by atoms with Crippen LogP contribution in [0.2, 0.25) is 0 Å². The van der Waals surface area contributed by atoms with Gasteiger partial charge in [0.05, 0.1) is 4.92 Å². The van der Waals surface area contributed by atoms with Crippen LogP contribution in [0.1, 0.15) is 27.7 Å². The largest absolute Gasteiger partial charge is 0.399 e. The summed E-state index contributed by atoms with van der Waals surface area (Å²) in [4.78, 5) is 9.85. The molecular formula is C13H21N3O4S. The van der Waals surface area contributed by atoms with Gasteiger partial charge in [0.15, 0.2) is 4.90 Å². The molecule has 0 aromatic heterocycles. The van der Waals surface area contributed by atoms with Gasteiger partial charge in [-0.05, 0) is 23.5 Å². The van der Waals surface area contributed by atoms with Crippen molar-refractivity contribution >= 4 is 21.4 Å². The topological polar surface area (TPSA) is 115 Å². The number of anilines is 1. The van der Waals surface area contributed by atoms with E-state index in [1.54, 1.807) is 0 Å². The second-order valence-corrected chi connectivity index (χ2v) is 7.84. The van der Waals surface area contributed by atoms with E-state index in [1.807, 2.05) is 27.7 Å². The number of hydrogen-bond acceptors (Lipinski definition) is 5. The molecule has 1 atom stereocenters. The molecule has 0 radical (unpaired) electrons. The molecule has 0 saturated carbocycles. The predicted octanol–water partition coefficient (Wildman–Crippen LogP) is 2.14. The Bertz CT molecular complexity index is 635. The summed E-state index contributed by atoms with van der Waals surface area (Å²) in [6.45, 7) is 8.11. The van der Waals surface area contributed by atoms with E-state index in [9.17, 15) is 18.5 Å². The predicted molar refractivity (Wildman–Crippen MR) is 81.3 cm³/mol. The smallest absolute Gasteiger partial charge is 0.291 e. The molecule has 0 amide bonds. The molecule has 1 rings (SSSR count). The normalized spacial score (nSPS) is 13.9. The molecule has 1 unspecified atom stereocenters. The first-order chi connectivity index (χ1) is 9.45. The molecule has 1 aromatic rings. The third-order valence-corrected chi connectivity index (χ3v) is 5.00. The summed E-state index contributed by atoms with van der Waals surface area (Å²) in [5.41, 5.74) is 5.01. The van der Waals surface area contributed by atoms with Crippen LogP contribution in [-0.2, 0) is 10.0 Å². The average molecular weight is 315 g/mol. The quantitative estimate of drug-likeness (QED) is 0.490. The minimum atomic E-state index is -3.96. The maximum absolute atomic E-state index is 12.2. The number of nitrogens with two attached hydrogens (primary N) is 1. The number of nitro groups is 1. The lowest BCUT2D eigenvalue weighted by atomic mass is 9.82. The molecule has 8 heteroatoms. The number of rotatable bonds is 5. The van der Waals surface area contributed by atoms with Crippen LogP contribution >= 0.6 is 0 Å². The standard InChI is InChI=1S/C13H21N3O4S/c1-9(13(2,3)4)8-15-21(19,20)12-6-5-10(14)7-11(12)16(17)18/h5-7,9,15H,8,14H2,1-4H3. The summed E-state index contributed by atoms with van der Waals surface area (Å²) < 4.78 is 26.9. The number of hydrogen-bond donors (Lipinski definition) is 2. The molecule has 7 nitrogen and oxygen atoms in total. The van der Waals surface area contributed by atoms with Gasteiger partial charge in [0.2, 0.25) is 10.0 Å². The molecule has 118 valence electrons. The highest BCUT2D eigenvalue weighted by Gasteiger charge is 2.28. The zero-order valence-corrected chi connectivity index (χ0v) is 13.4. The lowest BCUT2D eigenvalue weighted by Crippen LogP contribution is -2.34. The summed E-state index contributed by atoms with van der Waals surface area (Å²) in [5.74, 6) is 0.0695. The highest BCUT2D eigenvalue weighted by atomic mass is 32.2. The Balaban J connectivity index is 3.07. The number of nitro benzene ring substituents is 1. The van der Waals surface area contributed by atoms with Crippen molar-refractivity contribution in [3.63, 3.8) is 0 Å². The molecule has 0 fully saturated rings. The Morgan fingerprint density at radius 1 is 1.38 bits per heavy atom. The van der Waals surface area contributed by atoms with Crippen molar-refractivity contribution in [1.82, 2.24) is 4.72 Å². The number of sulfonamides is 1. The minimum Gasteiger partial charge on any atom is -0.399 e. The Kier molecular flexibility index (Phi) is 4.95. The van der Waals surface area contributed by atoms with Crippen LogP contribution in [0.15, 0.2) is 23.1 Å². The molecule has 1 aromatic carbocycles. The summed E-state index contributed by atoms with van der Waals surface area (Å²) in [5, 5.41) is 11.0. The van der Waals surface area contributed by atoms with E-state index in [4.69, 9.17) is 5.73 Å². The van der Waals surface area contributed by atoms with Gasteiger partial charge in [-0.3, -0.25) is 10.1 Å². The number of nitrogen functional groups attached to an aromatic ring is 1. The summed E-state index contributed by atoms with van der Waals surface area (Å²) in [6.07, 6.45) is 0. The van der Waals surface area contributed by atoms with Crippen LogP contribution in [0.25, 0.3) is 0 Å². The van der Waals surface area contributed by atoms with E-state index in [2.05, 4.69) is 4.72 Å². The Morgan fingerprint density at radius 3 is 2.43 bits per heavy atom. The van der Waals surface area contributed by atoms with E-state index < -0.39 is 20.6 Å². The van der Waals surface area contributed by atoms with E-state index in [1.165, 1.54) is 6.07 Å². The molecule has 0 spiro atoms. The SMILES string of the molecule is CC(CNS(=O)(=O)c1ccc(N)cc1[N+](=O)[O-])C(C)(C)C. The van der Waals surface area contributed by atoms with Crippen molar-refractivity contribution < 1.29 is 13.3 Å². The minimum absolute atomic E-state index is 0.0695. The fourth-order valence-electron chi connectivity index (χ4n) is 1.52. The molecule has 0 heterocycles. The first kappa shape index (κ1) is 17.4. The van der Waals surface area contributed by atoms with Gasteiger partial charge in [0.1, 0.15) is 0 Å². The van der Waals surface area contributed by atoms with Crippen LogP contribution in [0.4, 0.5) is 11.4 Å². The number of benzene rings is 1. The molecule has 3 N–H and O–H groups in total. The number of nitrogens with zero attached hydrogens (tertiary/aromatic N) is 1. The zero-order valence-electron chi connectivity index (χ0n) is 12.6. The second-order valence-electron chi connectivity index (χ2n) is 6.10. The van der Waals surface area contributed by atoms with Gasteiger partial charge in [-0.2, -0.15) is 0 Å². The first-order valence-corrected chi connectivity index (χ1v) is 7.97. The molecule has 0 saturated heterocycles. The van der Waals surface area contributed by atoms with Crippen LogP contribution < -0.4 is 10.5 Å². The van der Waals surface area contributed by atoms with Gasteiger partial charge >= 0.3 is 0 Å². The van der Waals surface area contributed by atoms with Crippen LogP contribution in [0.5, 0.6) is 0 Å². The van der Waals surface area contributed by atoms with Gasteiger partial charge in [0, 0.05) is 18.3 Å². The lowest BCUT2D eigenvalue weighted by molar-refractivity contribution is -0.387. The summed E-state index contributed by atoms with van der Waals surface area (Å²) in [6, 6.07) is 3.52. The monoisotopic (exact) mass is 315 g/mol. The molecule has 0 aliphatic carbocycles. The fourth-order valence-corrected chi connectivity index (χ4v) is 2.80. The zero-order chi connectivity index (χ0) is 16.4. The summed E-state index contributed by atoms with van der Waals surface area (Å²) in [7, 11) is -3.96. The van der Waals surface area contributed by atoms with Crippen molar-refractivity contribution in [3.05, 3.63) is 28.3 Å². The maximum Gasteiger partial charge on any atom is 0.291 e. The van der Waals surface area contributed by atoms with E-state index >= 15 is 0 Å². The van der Waals surface area contributed by atoms with Crippen molar-refractivity contribution in [2.75, 3.05) is 12.3 Å². The van der Waals surface area contributed by atoms with Crippen LogP contribution in [0, 0.1) is 21.4 Å². The molecule has 21 heavy (non-hydrogen) atoms.